The molecular weight excluding hydrogens is 250 g/mol. The molecule has 4 heteroatoms. The normalized spacial score (nSPS) is 10.3. The van der Waals surface area contributed by atoms with E-state index >= 15 is 0 Å². The van der Waals surface area contributed by atoms with E-state index in [1.54, 1.807) is 0 Å². The maximum absolute atomic E-state index is 11.4. The fourth-order valence-electron chi connectivity index (χ4n) is 1.81. The number of benzene rings is 2. The van der Waals surface area contributed by atoms with Crippen LogP contribution in [0.25, 0.3) is 0 Å². The second kappa shape index (κ2) is 5.10. The zero-order valence-corrected chi connectivity index (χ0v) is 10.3. The Morgan fingerprint density at radius 2 is 1.83 bits per heavy atom. The van der Waals surface area contributed by atoms with Crippen molar-refractivity contribution in [3.8, 4) is 5.75 Å². The number of rotatable bonds is 3. The maximum atomic E-state index is 11.4. The highest BCUT2D eigenvalue weighted by Gasteiger charge is 2.15. The molecule has 2 rings (SSSR count). The second-order valence-electron chi connectivity index (χ2n) is 3.95. The van der Waals surface area contributed by atoms with Crippen LogP contribution in [0.2, 0.25) is 5.02 Å². The van der Waals surface area contributed by atoms with E-state index in [1.165, 1.54) is 12.1 Å². The molecule has 18 heavy (non-hydrogen) atoms. The van der Waals surface area contributed by atoms with Crippen molar-refractivity contribution in [3.63, 3.8) is 0 Å². The molecule has 2 aromatic rings. The second-order valence-corrected chi connectivity index (χ2v) is 4.33. The van der Waals surface area contributed by atoms with E-state index in [4.69, 9.17) is 17.3 Å². The first kappa shape index (κ1) is 12.5. The lowest BCUT2D eigenvalue weighted by Gasteiger charge is -2.10. The van der Waals surface area contributed by atoms with Crippen LogP contribution in [0.5, 0.6) is 5.75 Å². The average molecular weight is 262 g/mol. The monoisotopic (exact) mass is 261 g/mol. The summed E-state index contributed by atoms with van der Waals surface area (Å²) in [4.78, 5) is 11.4. The molecule has 1 amide bonds. The number of aromatic hydroxyl groups is 1. The van der Waals surface area contributed by atoms with Gasteiger partial charge in [0.05, 0.1) is 5.02 Å². The summed E-state index contributed by atoms with van der Waals surface area (Å²) in [5, 5.41) is 9.78. The van der Waals surface area contributed by atoms with Crippen molar-refractivity contribution in [2.45, 2.75) is 6.42 Å². The van der Waals surface area contributed by atoms with Gasteiger partial charge in [-0.3, -0.25) is 4.79 Å². The summed E-state index contributed by atoms with van der Waals surface area (Å²) in [6.07, 6.45) is 0.451. The van der Waals surface area contributed by atoms with Gasteiger partial charge in [-0.05, 0) is 29.7 Å². The van der Waals surface area contributed by atoms with E-state index in [2.05, 4.69) is 0 Å². The molecule has 0 aromatic heterocycles. The van der Waals surface area contributed by atoms with Crippen LogP contribution in [-0.4, -0.2) is 11.0 Å². The lowest BCUT2D eigenvalue weighted by Crippen LogP contribution is -2.14. The summed E-state index contributed by atoms with van der Waals surface area (Å²) in [6, 6.07) is 12.4. The van der Waals surface area contributed by atoms with Crippen molar-refractivity contribution < 1.29 is 9.90 Å². The lowest BCUT2D eigenvalue weighted by atomic mass is 9.99. The molecule has 0 saturated heterocycles. The summed E-state index contributed by atoms with van der Waals surface area (Å²) in [7, 11) is 0. The molecule has 0 atom stereocenters. The number of halogens is 1. The number of nitrogens with two attached hydrogens (primary N) is 1. The van der Waals surface area contributed by atoms with Gasteiger partial charge >= 0.3 is 0 Å². The topological polar surface area (TPSA) is 63.3 Å². The Balaban J connectivity index is 2.48. The van der Waals surface area contributed by atoms with E-state index in [1.807, 2.05) is 30.3 Å². The minimum absolute atomic E-state index is 0.0485. The quantitative estimate of drug-likeness (QED) is 0.892. The summed E-state index contributed by atoms with van der Waals surface area (Å²) < 4.78 is 0. The van der Waals surface area contributed by atoms with Gasteiger partial charge in [-0.1, -0.05) is 41.9 Å². The molecule has 3 N–H and O–H groups in total. The van der Waals surface area contributed by atoms with Gasteiger partial charge in [-0.2, -0.15) is 0 Å². The van der Waals surface area contributed by atoms with Crippen molar-refractivity contribution in [2.24, 2.45) is 5.73 Å². The van der Waals surface area contributed by atoms with E-state index < -0.39 is 5.91 Å². The number of phenolic OH excluding ortho intramolecular Hbond substituents is 1. The highest BCUT2D eigenvalue weighted by molar-refractivity contribution is 6.33. The highest BCUT2D eigenvalue weighted by Crippen LogP contribution is 2.31. The predicted molar refractivity (Wildman–Crippen MR) is 70.9 cm³/mol. The Kier molecular flexibility index (Phi) is 3.53. The number of carbonyl (C=O) groups excluding carboxylic acids is 1. The Morgan fingerprint density at radius 1 is 1.17 bits per heavy atom. The zero-order valence-electron chi connectivity index (χ0n) is 9.56. The van der Waals surface area contributed by atoms with Gasteiger partial charge < -0.3 is 10.8 Å². The number of hydrogen-bond acceptors (Lipinski definition) is 2. The molecule has 0 aliphatic rings. The number of amides is 1. The summed E-state index contributed by atoms with van der Waals surface area (Å²) in [5.74, 6) is -0.601. The first-order valence-electron chi connectivity index (χ1n) is 5.43. The van der Waals surface area contributed by atoms with Gasteiger partial charge in [0.2, 0.25) is 5.91 Å². The minimum atomic E-state index is -0.553. The number of carbonyl (C=O) groups is 1. The molecule has 0 spiro atoms. The molecule has 0 heterocycles. The Bertz CT molecular complexity index is 582. The van der Waals surface area contributed by atoms with Crippen molar-refractivity contribution in [1.29, 1.82) is 0 Å². The molecule has 92 valence electrons. The highest BCUT2D eigenvalue weighted by atomic mass is 35.5. The minimum Gasteiger partial charge on any atom is -0.506 e. The maximum Gasteiger partial charge on any atom is 0.249 e. The summed E-state index contributed by atoms with van der Waals surface area (Å²) >= 11 is 6.03. The fourth-order valence-corrected chi connectivity index (χ4v) is 2.04. The Morgan fingerprint density at radius 3 is 2.44 bits per heavy atom. The SMILES string of the molecule is NC(=O)c1ccc(O)c(Cl)c1Cc1ccccc1. The van der Waals surface area contributed by atoms with Crippen molar-refractivity contribution in [2.75, 3.05) is 0 Å². The third kappa shape index (κ3) is 2.46. The predicted octanol–water partition coefficient (Wildman–Crippen LogP) is 2.74. The average Bonchev–Trinajstić information content (AvgIpc) is 2.36. The van der Waals surface area contributed by atoms with Crippen molar-refractivity contribution >= 4 is 17.5 Å². The van der Waals surface area contributed by atoms with E-state index in [0.29, 0.717) is 17.5 Å². The molecule has 0 radical (unpaired) electrons. The number of primary amides is 1. The van der Waals surface area contributed by atoms with Gasteiger partial charge in [0.1, 0.15) is 5.75 Å². The van der Waals surface area contributed by atoms with Crippen LogP contribution in [0.4, 0.5) is 0 Å². The third-order valence-corrected chi connectivity index (χ3v) is 3.13. The van der Waals surface area contributed by atoms with Crippen LogP contribution in [0, 0.1) is 0 Å². The van der Waals surface area contributed by atoms with Gasteiger partial charge in [0.15, 0.2) is 0 Å². The molecule has 0 unspecified atom stereocenters. The van der Waals surface area contributed by atoms with Crippen LogP contribution in [-0.2, 0) is 6.42 Å². The summed E-state index contributed by atoms with van der Waals surface area (Å²) in [6.45, 7) is 0. The number of phenols is 1. The van der Waals surface area contributed by atoms with Crippen LogP contribution in [0.1, 0.15) is 21.5 Å². The van der Waals surface area contributed by atoms with Crippen molar-refractivity contribution in [1.82, 2.24) is 0 Å². The molecular formula is C14H12ClNO2. The van der Waals surface area contributed by atoms with E-state index in [9.17, 15) is 9.90 Å². The van der Waals surface area contributed by atoms with Gasteiger partial charge in [-0.25, -0.2) is 0 Å². The lowest BCUT2D eigenvalue weighted by molar-refractivity contribution is 0.0999. The van der Waals surface area contributed by atoms with Crippen molar-refractivity contribution in [3.05, 3.63) is 64.2 Å². The third-order valence-electron chi connectivity index (χ3n) is 2.71. The standard InChI is InChI=1S/C14H12ClNO2/c15-13-11(8-9-4-2-1-3-5-9)10(14(16)18)6-7-12(13)17/h1-7,17H,8H2,(H2,16,18). The van der Waals surface area contributed by atoms with Crippen LogP contribution < -0.4 is 5.73 Å². The van der Waals surface area contributed by atoms with Crippen LogP contribution >= 0.6 is 11.6 Å². The molecule has 0 bridgehead atoms. The largest absolute Gasteiger partial charge is 0.506 e. The van der Waals surface area contributed by atoms with E-state index in [-0.39, 0.29) is 10.8 Å². The molecule has 0 fully saturated rings. The molecule has 3 nitrogen and oxygen atoms in total. The molecule has 0 saturated carbocycles. The van der Waals surface area contributed by atoms with Gasteiger partial charge in [-0.15, -0.1) is 0 Å². The Hall–Kier alpha value is -2.00. The van der Waals surface area contributed by atoms with E-state index in [0.717, 1.165) is 5.56 Å². The number of hydrogen-bond donors (Lipinski definition) is 2. The molecule has 0 aliphatic heterocycles. The fraction of sp³-hybridized carbons (Fsp3) is 0.0714. The zero-order chi connectivity index (χ0) is 13.1. The van der Waals surface area contributed by atoms with Crippen LogP contribution in [0.15, 0.2) is 42.5 Å². The van der Waals surface area contributed by atoms with Gasteiger partial charge in [0, 0.05) is 5.56 Å². The first-order chi connectivity index (χ1) is 8.59. The smallest absolute Gasteiger partial charge is 0.249 e. The molecule has 2 aromatic carbocycles. The molecule has 0 aliphatic carbocycles. The Labute approximate surface area is 110 Å². The summed E-state index contributed by atoms with van der Waals surface area (Å²) in [5.41, 5.74) is 7.19. The first-order valence-corrected chi connectivity index (χ1v) is 5.81. The van der Waals surface area contributed by atoms with Gasteiger partial charge in [0.25, 0.3) is 0 Å². The van der Waals surface area contributed by atoms with Crippen LogP contribution in [0.3, 0.4) is 0 Å².